The maximum atomic E-state index is 12.1. The van der Waals surface area contributed by atoms with Crippen molar-refractivity contribution in [3.63, 3.8) is 0 Å². The van der Waals surface area contributed by atoms with Crippen LogP contribution in [0.1, 0.15) is 213 Å². The number of carboxylic acids is 1. The smallest absolute Gasteiger partial charge is 0.306 e. The zero-order valence-electron chi connectivity index (χ0n) is 27.2. The van der Waals surface area contributed by atoms with Crippen LogP contribution in [-0.2, 0) is 14.3 Å². The fourth-order valence-electron chi connectivity index (χ4n) is 5.64. The summed E-state index contributed by atoms with van der Waals surface area (Å²) in [4.78, 5) is 22.6. The van der Waals surface area contributed by atoms with Gasteiger partial charge in [-0.1, -0.05) is 167 Å². The maximum absolute atomic E-state index is 12.1. The number of carbonyl (C=O) groups is 2. The molecular weight excluding hydrogens is 496 g/mol. The molecule has 0 fully saturated rings. The first-order chi connectivity index (χ1) is 19.6. The number of esters is 1. The van der Waals surface area contributed by atoms with Gasteiger partial charge in [0.25, 0.3) is 0 Å². The Morgan fingerprint density at radius 1 is 0.475 bits per heavy atom. The number of hydrogen-bond donors (Lipinski definition) is 1. The fourth-order valence-corrected chi connectivity index (χ4v) is 5.64. The summed E-state index contributed by atoms with van der Waals surface area (Å²) >= 11 is 0. The first-order valence-electron chi connectivity index (χ1n) is 18.0. The van der Waals surface area contributed by atoms with Gasteiger partial charge >= 0.3 is 11.9 Å². The van der Waals surface area contributed by atoms with Crippen molar-refractivity contribution in [3.05, 3.63) is 0 Å². The lowest BCUT2D eigenvalue weighted by Crippen LogP contribution is -2.14. The van der Waals surface area contributed by atoms with E-state index in [1.54, 1.807) is 0 Å². The topological polar surface area (TPSA) is 63.6 Å². The van der Waals surface area contributed by atoms with E-state index in [0.717, 1.165) is 44.9 Å². The molecule has 238 valence electrons. The molecule has 0 bridgehead atoms. The second-order valence-electron chi connectivity index (χ2n) is 12.5. The van der Waals surface area contributed by atoms with Gasteiger partial charge in [0.2, 0.25) is 0 Å². The summed E-state index contributed by atoms with van der Waals surface area (Å²) in [6, 6.07) is 0. The van der Waals surface area contributed by atoms with E-state index < -0.39 is 5.97 Å². The van der Waals surface area contributed by atoms with Crippen LogP contribution >= 0.6 is 0 Å². The number of hydrogen-bond acceptors (Lipinski definition) is 3. The molecule has 40 heavy (non-hydrogen) atoms. The average Bonchev–Trinajstić information content (AvgIpc) is 2.92. The highest BCUT2D eigenvalue weighted by Crippen LogP contribution is 2.16. The molecule has 1 atom stereocenters. The van der Waals surface area contributed by atoms with Crippen molar-refractivity contribution in [1.29, 1.82) is 0 Å². The van der Waals surface area contributed by atoms with Crippen molar-refractivity contribution in [3.8, 4) is 0 Å². The largest absolute Gasteiger partial charge is 0.481 e. The fraction of sp³-hybridized carbons (Fsp3) is 0.944. The number of unbranched alkanes of at least 4 members (excludes halogenated alkanes) is 26. The van der Waals surface area contributed by atoms with Crippen LogP contribution in [-0.4, -0.2) is 23.1 Å². The molecule has 4 heteroatoms. The number of ether oxygens (including phenoxy) is 1. The highest BCUT2D eigenvalue weighted by molar-refractivity contribution is 5.69. The number of rotatable bonds is 33. The van der Waals surface area contributed by atoms with Crippen LogP contribution in [0.25, 0.3) is 0 Å². The molecule has 0 radical (unpaired) electrons. The Morgan fingerprint density at radius 3 is 1.12 bits per heavy atom. The maximum Gasteiger partial charge on any atom is 0.306 e. The molecule has 0 aromatic rings. The van der Waals surface area contributed by atoms with E-state index in [0.29, 0.717) is 12.8 Å². The van der Waals surface area contributed by atoms with E-state index in [9.17, 15) is 9.59 Å². The summed E-state index contributed by atoms with van der Waals surface area (Å²) in [5.74, 6) is -0.692. The molecular formula is C36H70O4. The zero-order chi connectivity index (χ0) is 29.4. The lowest BCUT2D eigenvalue weighted by molar-refractivity contribution is -0.148. The molecule has 1 N–H and O–H groups in total. The molecule has 0 saturated carbocycles. The molecule has 4 nitrogen and oxygen atoms in total. The molecule has 0 heterocycles. The van der Waals surface area contributed by atoms with E-state index in [4.69, 9.17) is 9.84 Å². The van der Waals surface area contributed by atoms with Crippen LogP contribution in [0.4, 0.5) is 0 Å². The van der Waals surface area contributed by atoms with Gasteiger partial charge in [-0.3, -0.25) is 9.59 Å². The Balaban J connectivity index is 3.27. The highest BCUT2D eigenvalue weighted by atomic mass is 16.5. The van der Waals surface area contributed by atoms with E-state index >= 15 is 0 Å². The Bertz CT molecular complexity index is 533. The minimum absolute atomic E-state index is 0.0117. The molecule has 0 aromatic carbocycles. The van der Waals surface area contributed by atoms with Gasteiger partial charge in [-0.2, -0.15) is 0 Å². The summed E-state index contributed by atoms with van der Waals surface area (Å²) in [5.41, 5.74) is 0. The molecule has 0 aliphatic heterocycles. The lowest BCUT2D eigenvalue weighted by atomic mass is 10.0. The predicted octanol–water partition coefficient (Wildman–Crippen LogP) is 12.1. The van der Waals surface area contributed by atoms with Crippen LogP contribution in [0.3, 0.4) is 0 Å². The molecule has 0 aliphatic rings. The van der Waals surface area contributed by atoms with Crippen LogP contribution in [0.5, 0.6) is 0 Å². The van der Waals surface area contributed by atoms with E-state index in [1.807, 2.05) is 6.92 Å². The second kappa shape index (κ2) is 32.5. The SMILES string of the molecule is CCCCCCCCCCCCCCCCCCCCCC(=O)OC(C)CCCCCCCCCCCC(=O)O. The summed E-state index contributed by atoms with van der Waals surface area (Å²) in [6.07, 6.45) is 38.2. The van der Waals surface area contributed by atoms with Gasteiger partial charge in [0, 0.05) is 12.8 Å². The predicted molar refractivity (Wildman–Crippen MR) is 172 cm³/mol. The van der Waals surface area contributed by atoms with Crippen molar-refractivity contribution < 1.29 is 19.4 Å². The van der Waals surface area contributed by atoms with Gasteiger partial charge in [-0.25, -0.2) is 0 Å². The van der Waals surface area contributed by atoms with Gasteiger partial charge in [0.05, 0.1) is 6.10 Å². The Labute approximate surface area is 250 Å². The quantitative estimate of drug-likeness (QED) is 0.0633. The first-order valence-corrected chi connectivity index (χ1v) is 18.0. The molecule has 1 unspecified atom stereocenters. The molecule has 0 spiro atoms. The van der Waals surface area contributed by atoms with Crippen molar-refractivity contribution in [2.24, 2.45) is 0 Å². The second-order valence-corrected chi connectivity index (χ2v) is 12.5. The normalized spacial score (nSPS) is 12.1. The minimum Gasteiger partial charge on any atom is -0.481 e. The van der Waals surface area contributed by atoms with E-state index in [2.05, 4.69) is 6.92 Å². The van der Waals surface area contributed by atoms with E-state index in [-0.39, 0.29) is 12.1 Å². The van der Waals surface area contributed by atoms with Gasteiger partial charge in [-0.15, -0.1) is 0 Å². The number of aliphatic carboxylic acids is 1. The third-order valence-corrected chi connectivity index (χ3v) is 8.32. The Hall–Kier alpha value is -1.06. The number of carboxylic acid groups (broad SMARTS) is 1. The highest BCUT2D eigenvalue weighted by Gasteiger charge is 2.09. The van der Waals surface area contributed by atoms with Gasteiger partial charge in [0.1, 0.15) is 0 Å². The third-order valence-electron chi connectivity index (χ3n) is 8.32. The molecule has 0 rings (SSSR count). The monoisotopic (exact) mass is 567 g/mol. The van der Waals surface area contributed by atoms with Crippen molar-refractivity contribution >= 4 is 11.9 Å². The average molecular weight is 567 g/mol. The van der Waals surface area contributed by atoms with Crippen LogP contribution in [0.2, 0.25) is 0 Å². The Morgan fingerprint density at radius 2 is 0.775 bits per heavy atom. The molecule has 0 amide bonds. The third kappa shape index (κ3) is 33.1. The standard InChI is InChI=1S/C36H70O4/c1-3-4-5-6-7-8-9-10-11-12-13-14-15-16-17-21-24-27-30-33-36(39)40-34(2)31-28-25-22-19-18-20-23-26-29-32-35(37)38/h34H,3-33H2,1-2H3,(H,37,38). The van der Waals surface area contributed by atoms with Crippen molar-refractivity contribution in [2.75, 3.05) is 0 Å². The molecule has 0 aliphatic carbocycles. The number of carbonyl (C=O) groups excluding carboxylic acids is 1. The molecule has 0 aromatic heterocycles. The zero-order valence-corrected chi connectivity index (χ0v) is 27.2. The first kappa shape index (κ1) is 38.9. The molecule has 0 saturated heterocycles. The summed E-state index contributed by atoms with van der Waals surface area (Å²) in [5, 5.41) is 8.63. The van der Waals surface area contributed by atoms with Crippen LogP contribution < -0.4 is 0 Å². The summed E-state index contributed by atoms with van der Waals surface area (Å²) in [6.45, 7) is 4.32. The van der Waals surface area contributed by atoms with Gasteiger partial charge in [0.15, 0.2) is 0 Å². The van der Waals surface area contributed by atoms with E-state index in [1.165, 1.54) is 141 Å². The lowest BCUT2D eigenvalue weighted by Gasteiger charge is -2.13. The van der Waals surface area contributed by atoms with Crippen LogP contribution in [0.15, 0.2) is 0 Å². The van der Waals surface area contributed by atoms with Crippen LogP contribution in [0, 0.1) is 0 Å². The summed E-state index contributed by atoms with van der Waals surface area (Å²) in [7, 11) is 0. The minimum atomic E-state index is -0.680. The van der Waals surface area contributed by atoms with Crippen molar-refractivity contribution in [2.45, 2.75) is 219 Å². The van der Waals surface area contributed by atoms with Gasteiger partial charge < -0.3 is 9.84 Å². The van der Waals surface area contributed by atoms with Crippen molar-refractivity contribution in [1.82, 2.24) is 0 Å². The van der Waals surface area contributed by atoms with Gasteiger partial charge in [-0.05, 0) is 32.6 Å². The Kier molecular flexibility index (Phi) is 31.6. The summed E-state index contributed by atoms with van der Waals surface area (Å²) < 4.78 is 5.61.